The van der Waals surface area contributed by atoms with Crippen molar-refractivity contribution in [2.75, 3.05) is 20.3 Å². The Bertz CT molecular complexity index is 1210. The van der Waals surface area contributed by atoms with E-state index >= 15 is 0 Å². The van der Waals surface area contributed by atoms with Crippen LogP contribution >= 0.6 is 0 Å². The number of carbonyl (C=O) groups excluding carboxylic acids is 1. The molecule has 6 nitrogen and oxygen atoms in total. The summed E-state index contributed by atoms with van der Waals surface area (Å²) in [4.78, 5) is 14.8. The van der Waals surface area contributed by atoms with Gasteiger partial charge in [-0.05, 0) is 76.3 Å². The molecule has 2 atom stereocenters. The molecule has 3 aliphatic rings. The Balaban J connectivity index is 1.56. The van der Waals surface area contributed by atoms with Crippen LogP contribution in [0.3, 0.4) is 0 Å². The fraction of sp³-hybridized carbons (Fsp3) is 0.633. The number of halogens is 3. The fourth-order valence-electron chi connectivity index (χ4n) is 5.66. The third-order valence-electron chi connectivity index (χ3n) is 8.52. The summed E-state index contributed by atoms with van der Waals surface area (Å²) in [5, 5.41) is 3.44. The highest BCUT2D eigenvalue weighted by molar-refractivity contribution is 5.96. The van der Waals surface area contributed by atoms with Gasteiger partial charge in [-0.1, -0.05) is 19.3 Å². The van der Waals surface area contributed by atoms with E-state index in [4.69, 9.17) is 9.47 Å². The number of aromatic nitrogens is 1. The molecule has 1 aromatic carbocycles. The second-order valence-corrected chi connectivity index (χ2v) is 12.4. The highest BCUT2D eigenvalue weighted by Gasteiger charge is 2.44. The van der Waals surface area contributed by atoms with E-state index in [1.807, 2.05) is 33.8 Å². The van der Waals surface area contributed by atoms with Gasteiger partial charge in [0.15, 0.2) is 0 Å². The predicted octanol–water partition coefficient (Wildman–Crippen LogP) is 6.32. The molecular formula is C30H40F3N3O3. The molecule has 1 aliphatic carbocycles. The number of nitrogens with zero attached hydrogens (tertiary/aromatic N) is 2. The van der Waals surface area contributed by atoms with Crippen molar-refractivity contribution in [1.29, 1.82) is 0 Å². The number of amides is 1. The minimum atomic E-state index is -4.58. The molecule has 0 radical (unpaired) electrons. The standard InChI is InChI=1S/C30H40F3N3O3/c1-18-24(26-27(39-26)34-23-16-38-17-23)14-25(36(18)15-19-9-7-6-8-10-19)20-11-21(13-22(12-20)30(31,32)33)28(37)35(5)29(2,3)4/h11-14,19,23,26-27,34H,6-10,15-17H2,1-5H3. The van der Waals surface area contributed by atoms with Gasteiger partial charge in [0.1, 0.15) is 12.3 Å². The largest absolute Gasteiger partial charge is 0.416 e. The van der Waals surface area contributed by atoms with E-state index in [2.05, 4.69) is 9.88 Å². The van der Waals surface area contributed by atoms with E-state index < -0.39 is 23.2 Å². The van der Waals surface area contributed by atoms with Crippen molar-refractivity contribution in [3.05, 3.63) is 46.6 Å². The van der Waals surface area contributed by atoms with E-state index in [-0.39, 0.29) is 23.9 Å². The molecule has 2 aliphatic heterocycles. The minimum absolute atomic E-state index is 0.0362. The third kappa shape index (κ3) is 6.05. The molecule has 3 heterocycles. The molecule has 1 N–H and O–H groups in total. The Kier molecular flexibility index (Phi) is 7.63. The summed E-state index contributed by atoms with van der Waals surface area (Å²) >= 11 is 0. The molecule has 2 aromatic rings. The van der Waals surface area contributed by atoms with Gasteiger partial charge in [-0.3, -0.25) is 10.1 Å². The highest BCUT2D eigenvalue weighted by atomic mass is 19.4. The van der Waals surface area contributed by atoms with Crippen LogP contribution in [0.5, 0.6) is 0 Å². The predicted molar refractivity (Wildman–Crippen MR) is 143 cm³/mol. The van der Waals surface area contributed by atoms with E-state index in [1.165, 1.54) is 30.2 Å². The van der Waals surface area contributed by atoms with Crippen molar-refractivity contribution in [3.8, 4) is 11.3 Å². The van der Waals surface area contributed by atoms with Gasteiger partial charge in [-0.15, -0.1) is 0 Å². The van der Waals surface area contributed by atoms with Crippen molar-refractivity contribution in [3.63, 3.8) is 0 Å². The molecule has 2 unspecified atom stereocenters. The molecular weight excluding hydrogens is 507 g/mol. The van der Waals surface area contributed by atoms with Crippen LogP contribution in [0, 0.1) is 12.8 Å². The second kappa shape index (κ2) is 10.6. The number of alkyl halides is 3. The van der Waals surface area contributed by atoms with Crippen LogP contribution in [0.15, 0.2) is 24.3 Å². The van der Waals surface area contributed by atoms with E-state index in [0.29, 0.717) is 30.4 Å². The number of epoxide rings is 1. The first-order chi connectivity index (χ1) is 18.3. The van der Waals surface area contributed by atoms with Gasteiger partial charge in [0.25, 0.3) is 5.91 Å². The number of carbonyl (C=O) groups is 1. The molecule has 1 amide bonds. The van der Waals surface area contributed by atoms with Crippen LogP contribution in [0.2, 0.25) is 0 Å². The molecule has 3 fully saturated rings. The van der Waals surface area contributed by atoms with Gasteiger partial charge in [-0.25, -0.2) is 0 Å². The van der Waals surface area contributed by atoms with Crippen LogP contribution in [0.1, 0.15) is 86.2 Å². The molecule has 1 aromatic heterocycles. The van der Waals surface area contributed by atoms with Crippen LogP contribution in [-0.2, 0) is 22.2 Å². The Hall–Kier alpha value is -2.36. The number of rotatable bonds is 7. The van der Waals surface area contributed by atoms with Crippen LogP contribution in [0.4, 0.5) is 13.2 Å². The zero-order valence-electron chi connectivity index (χ0n) is 23.5. The van der Waals surface area contributed by atoms with Crippen LogP contribution in [0.25, 0.3) is 11.3 Å². The second-order valence-electron chi connectivity index (χ2n) is 12.4. The van der Waals surface area contributed by atoms with E-state index in [1.54, 1.807) is 13.1 Å². The maximum absolute atomic E-state index is 14.1. The molecule has 9 heteroatoms. The van der Waals surface area contributed by atoms with Crippen molar-refractivity contribution in [2.24, 2.45) is 5.92 Å². The van der Waals surface area contributed by atoms with Crippen LogP contribution in [-0.4, -0.2) is 53.4 Å². The number of hydrogen-bond acceptors (Lipinski definition) is 4. The smallest absolute Gasteiger partial charge is 0.378 e. The lowest BCUT2D eigenvalue weighted by molar-refractivity contribution is -0.137. The summed E-state index contributed by atoms with van der Waals surface area (Å²) in [5.41, 5.74) is 1.78. The first-order valence-electron chi connectivity index (χ1n) is 14.0. The zero-order valence-corrected chi connectivity index (χ0v) is 23.5. The van der Waals surface area contributed by atoms with Crippen molar-refractivity contribution < 1.29 is 27.4 Å². The van der Waals surface area contributed by atoms with Crippen molar-refractivity contribution >= 4 is 5.91 Å². The topological polar surface area (TPSA) is 59.0 Å². The molecule has 0 spiro atoms. The summed E-state index contributed by atoms with van der Waals surface area (Å²) < 4.78 is 55.7. The minimum Gasteiger partial charge on any atom is -0.378 e. The van der Waals surface area contributed by atoms with Crippen LogP contribution < -0.4 is 5.32 Å². The molecule has 2 saturated heterocycles. The quantitative estimate of drug-likeness (QED) is 0.412. The number of hydrogen-bond donors (Lipinski definition) is 1. The summed E-state index contributed by atoms with van der Waals surface area (Å²) in [5.74, 6) is 0.0335. The Labute approximate surface area is 228 Å². The first kappa shape index (κ1) is 28.2. The number of ether oxygens (including phenoxy) is 2. The van der Waals surface area contributed by atoms with Gasteiger partial charge in [-0.2, -0.15) is 13.2 Å². The fourth-order valence-corrected chi connectivity index (χ4v) is 5.66. The maximum Gasteiger partial charge on any atom is 0.416 e. The zero-order chi connectivity index (χ0) is 28.1. The highest BCUT2D eigenvalue weighted by Crippen LogP contribution is 2.44. The van der Waals surface area contributed by atoms with E-state index in [0.717, 1.165) is 36.7 Å². The van der Waals surface area contributed by atoms with Gasteiger partial charge in [0.05, 0.1) is 24.8 Å². The lowest BCUT2D eigenvalue weighted by Crippen LogP contribution is -2.47. The summed E-state index contributed by atoms with van der Waals surface area (Å²) in [6.07, 6.45) is 0.940. The summed E-state index contributed by atoms with van der Waals surface area (Å²) in [6.45, 7) is 9.66. The molecule has 214 valence electrons. The van der Waals surface area contributed by atoms with Gasteiger partial charge in [0, 0.05) is 41.6 Å². The molecule has 5 rings (SSSR count). The Morgan fingerprint density at radius 2 is 1.77 bits per heavy atom. The average Bonchev–Trinajstić information content (AvgIpc) is 3.55. The van der Waals surface area contributed by atoms with Gasteiger partial charge < -0.3 is 18.9 Å². The number of benzene rings is 1. The van der Waals surface area contributed by atoms with E-state index in [9.17, 15) is 18.0 Å². The molecule has 39 heavy (non-hydrogen) atoms. The normalized spacial score (nSPS) is 22.6. The average molecular weight is 548 g/mol. The lowest BCUT2D eigenvalue weighted by atomic mass is 9.89. The summed E-state index contributed by atoms with van der Waals surface area (Å²) in [7, 11) is 1.63. The number of nitrogens with one attached hydrogen (secondary N) is 1. The first-order valence-corrected chi connectivity index (χ1v) is 14.0. The van der Waals surface area contributed by atoms with Crippen molar-refractivity contribution in [1.82, 2.24) is 14.8 Å². The van der Waals surface area contributed by atoms with Gasteiger partial charge >= 0.3 is 6.18 Å². The SMILES string of the molecule is Cc1c(C2OC2NC2COC2)cc(-c2cc(C(=O)N(C)C(C)(C)C)cc(C(F)(F)F)c2)n1CC1CCCCC1. The Morgan fingerprint density at radius 1 is 1.08 bits per heavy atom. The monoisotopic (exact) mass is 547 g/mol. The Morgan fingerprint density at radius 3 is 2.36 bits per heavy atom. The molecule has 0 bridgehead atoms. The maximum atomic E-state index is 14.1. The lowest BCUT2D eigenvalue weighted by Gasteiger charge is -2.32. The summed E-state index contributed by atoms with van der Waals surface area (Å²) in [6, 6.07) is 6.00. The van der Waals surface area contributed by atoms with Crippen molar-refractivity contribution in [2.45, 2.75) is 96.4 Å². The van der Waals surface area contributed by atoms with Gasteiger partial charge in [0.2, 0.25) is 0 Å². The third-order valence-corrected chi connectivity index (χ3v) is 8.52. The molecule has 1 saturated carbocycles.